The molecule has 2 heterocycles. The van der Waals surface area contributed by atoms with Crippen LogP contribution in [0.15, 0.2) is 24.3 Å². The number of hydrogen-bond acceptors (Lipinski definition) is 3. The highest BCUT2D eigenvalue weighted by atomic mass is 16.6. The van der Waals surface area contributed by atoms with Crippen molar-refractivity contribution in [1.82, 2.24) is 5.32 Å². The van der Waals surface area contributed by atoms with Crippen LogP contribution in [0.3, 0.4) is 0 Å². The van der Waals surface area contributed by atoms with Gasteiger partial charge >= 0.3 is 0 Å². The minimum absolute atomic E-state index is 0.270. The van der Waals surface area contributed by atoms with Crippen molar-refractivity contribution in [3.63, 3.8) is 0 Å². The van der Waals surface area contributed by atoms with Gasteiger partial charge in [-0.05, 0) is 17.5 Å². The molecule has 3 nitrogen and oxygen atoms in total. The van der Waals surface area contributed by atoms with E-state index in [0.717, 1.165) is 19.5 Å². The van der Waals surface area contributed by atoms with E-state index < -0.39 is 0 Å². The van der Waals surface area contributed by atoms with Gasteiger partial charge in [0.05, 0.1) is 19.3 Å². The highest BCUT2D eigenvalue weighted by Gasteiger charge is 2.42. The highest BCUT2D eigenvalue weighted by molar-refractivity contribution is 5.34. The monoisotopic (exact) mass is 233 g/mol. The predicted octanol–water partition coefficient (Wildman–Crippen LogP) is 1.81. The Hall–Kier alpha value is -0.900. The summed E-state index contributed by atoms with van der Waals surface area (Å²) in [6.45, 7) is 5.33. The van der Waals surface area contributed by atoms with E-state index in [2.05, 4.69) is 36.5 Å². The molecule has 1 N–H and O–H groups in total. The van der Waals surface area contributed by atoms with Gasteiger partial charge in [-0.2, -0.15) is 0 Å². The van der Waals surface area contributed by atoms with Gasteiger partial charge in [0.2, 0.25) is 0 Å². The zero-order valence-corrected chi connectivity index (χ0v) is 10.2. The third-order valence-corrected chi connectivity index (χ3v) is 3.73. The molecule has 0 amide bonds. The molecule has 2 unspecified atom stereocenters. The maximum Gasteiger partial charge on any atom is 0.129 e. The van der Waals surface area contributed by atoms with Crippen molar-refractivity contribution in [2.75, 3.05) is 19.7 Å². The van der Waals surface area contributed by atoms with Crippen LogP contribution in [0.1, 0.15) is 24.5 Å². The lowest BCUT2D eigenvalue weighted by molar-refractivity contribution is -0.168. The van der Waals surface area contributed by atoms with E-state index in [1.165, 1.54) is 11.1 Å². The highest BCUT2D eigenvalue weighted by Crippen LogP contribution is 2.36. The van der Waals surface area contributed by atoms with Gasteiger partial charge in [0.1, 0.15) is 5.60 Å². The van der Waals surface area contributed by atoms with Crippen LogP contribution < -0.4 is 5.32 Å². The smallest absolute Gasteiger partial charge is 0.129 e. The third-order valence-electron chi connectivity index (χ3n) is 3.73. The van der Waals surface area contributed by atoms with Gasteiger partial charge in [0.25, 0.3) is 0 Å². The second-order valence-electron chi connectivity index (χ2n) is 4.92. The van der Waals surface area contributed by atoms with E-state index >= 15 is 0 Å². The molecule has 1 aromatic carbocycles. The molecule has 0 aliphatic carbocycles. The van der Waals surface area contributed by atoms with Crippen molar-refractivity contribution in [3.05, 3.63) is 35.4 Å². The van der Waals surface area contributed by atoms with Gasteiger partial charge in [0, 0.05) is 13.1 Å². The van der Waals surface area contributed by atoms with Crippen LogP contribution in [-0.2, 0) is 21.7 Å². The second kappa shape index (κ2) is 4.41. The molecule has 17 heavy (non-hydrogen) atoms. The van der Waals surface area contributed by atoms with E-state index in [0.29, 0.717) is 19.3 Å². The van der Waals surface area contributed by atoms with Crippen molar-refractivity contribution in [3.8, 4) is 0 Å². The second-order valence-corrected chi connectivity index (χ2v) is 4.92. The maximum absolute atomic E-state index is 6.30. The van der Waals surface area contributed by atoms with Crippen LogP contribution in [0.25, 0.3) is 0 Å². The van der Waals surface area contributed by atoms with Crippen molar-refractivity contribution in [1.29, 1.82) is 0 Å². The molecule has 1 spiro atoms. The minimum atomic E-state index is -0.270. The van der Waals surface area contributed by atoms with Gasteiger partial charge in [0.15, 0.2) is 0 Å². The van der Waals surface area contributed by atoms with Gasteiger partial charge in [-0.3, -0.25) is 0 Å². The van der Waals surface area contributed by atoms with Crippen LogP contribution in [0.2, 0.25) is 0 Å². The molecule has 2 aliphatic heterocycles. The number of ether oxygens (including phenoxy) is 2. The Morgan fingerprint density at radius 1 is 1.41 bits per heavy atom. The summed E-state index contributed by atoms with van der Waals surface area (Å²) in [5, 5.41) is 3.48. The molecule has 1 aromatic rings. The fourth-order valence-corrected chi connectivity index (χ4v) is 2.80. The number of benzene rings is 1. The van der Waals surface area contributed by atoms with Crippen molar-refractivity contribution in [2.24, 2.45) is 0 Å². The predicted molar refractivity (Wildman–Crippen MR) is 65.8 cm³/mol. The zero-order valence-electron chi connectivity index (χ0n) is 10.2. The summed E-state index contributed by atoms with van der Waals surface area (Å²) in [4.78, 5) is 0. The Balaban J connectivity index is 1.97. The Bertz CT molecular complexity index is 407. The van der Waals surface area contributed by atoms with Crippen LogP contribution >= 0.6 is 0 Å². The number of nitrogens with one attached hydrogen (secondary N) is 1. The zero-order chi connectivity index (χ0) is 11.7. The van der Waals surface area contributed by atoms with E-state index in [1.54, 1.807) is 0 Å². The van der Waals surface area contributed by atoms with E-state index in [1.807, 2.05) is 0 Å². The molecule has 0 bridgehead atoms. The lowest BCUT2D eigenvalue weighted by Gasteiger charge is -2.44. The van der Waals surface area contributed by atoms with Crippen molar-refractivity contribution < 1.29 is 9.47 Å². The molecule has 92 valence electrons. The first-order valence-corrected chi connectivity index (χ1v) is 6.39. The lowest BCUT2D eigenvalue weighted by Crippen LogP contribution is -2.55. The SMILES string of the molecule is CCC1CNCC2(COCc3ccccc32)O1. The number of rotatable bonds is 1. The molecule has 0 radical (unpaired) electrons. The summed E-state index contributed by atoms with van der Waals surface area (Å²) in [6.07, 6.45) is 1.33. The molecule has 0 aromatic heterocycles. The molecular weight excluding hydrogens is 214 g/mol. The van der Waals surface area contributed by atoms with Crippen LogP contribution in [0.5, 0.6) is 0 Å². The molecule has 1 saturated heterocycles. The van der Waals surface area contributed by atoms with Crippen LogP contribution in [0, 0.1) is 0 Å². The largest absolute Gasteiger partial charge is 0.373 e. The minimum Gasteiger partial charge on any atom is -0.373 e. The fraction of sp³-hybridized carbons (Fsp3) is 0.571. The van der Waals surface area contributed by atoms with E-state index in [9.17, 15) is 0 Å². The molecule has 2 aliphatic rings. The summed E-state index contributed by atoms with van der Waals surface area (Å²) < 4.78 is 12.0. The first-order valence-electron chi connectivity index (χ1n) is 6.39. The summed E-state index contributed by atoms with van der Waals surface area (Å²) in [7, 11) is 0. The molecule has 3 heteroatoms. The molecule has 1 fully saturated rings. The number of hydrogen-bond donors (Lipinski definition) is 1. The standard InChI is InChI=1S/C14H19NO2/c1-2-12-7-15-9-14(17-12)10-16-8-11-5-3-4-6-13(11)14/h3-6,12,15H,2,7-10H2,1H3. The molecule has 0 saturated carbocycles. The first kappa shape index (κ1) is 11.2. The van der Waals surface area contributed by atoms with Crippen molar-refractivity contribution >= 4 is 0 Å². The van der Waals surface area contributed by atoms with Crippen molar-refractivity contribution in [2.45, 2.75) is 31.7 Å². The fourth-order valence-electron chi connectivity index (χ4n) is 2.80. The van der Waals surface area contributed by atoms with Gasteiger partial charge in [-0.15, -0.1) is 0 Å². The number of fused-ring (bicyclic) bond motifs is 2. The van der Waals surface area contributed by atoms with Gasteiger partial charge < -0.3 is 14.8 Å². The van der Waals surface area contributed by atoms with Crippen LogP contribution in [0.4, 0.5) is 0 Å². The van der Waals surface area contributed by atoms with E-state index in [-0.39, 0.29) is 5.60 Å². The lowest BCUT2D eigenvalue weighted by atomic mass is 9.87. The topological polar surface area (TPSA) is 30.5 Å². The van der Waals surface area contributed by atoms with Crippen LogP contribution in [-0.4, -0.2) is 25.8 Å². The normalized spacial score (nSPS) is 32.4. The number of morpholine rings is 1. The Labute approximate surface area is 102 Å². The quantitative estimate of drug-likeness (QED) is 0.802. The summed E-state index contributed by atoms with van der Waals surface area (Å²) in [6, 6.07) is 8.46. The molecule has 2 atom stereocenters. The summed E-state index contributed by atoms with van der Waals surface area (Å²) >= 11 is 0. The average molecular weight is 233 g/mol. The van der Waals surface area contributed by atoms with E-state index in [4.69, 9.17) is 9.47 Å². The third kappa shape index (κ3) is 1.88. The Morgan fingerprint density at radius 3 is 3.18 bits per heavy atom. The molecule has 3 rings (SSSR count). The molecular formula is C14H19NO2. The Kier molecular flexibility index (Phi) is 2.90. The summed E-state index contributed by atoms with van der Waals surface area (Å²) in [5.41, 5.74) is 2.29. The average Bonchev–Trinajstić information content (AvgIpc) is 2.40. The van der Waals surface area contributed by atoms with Gasteiger partial charge in [-0.25, -0.2) is 0 Å². The van der Waals surface area contributed by atoms with Gasteiger partial charge in [-0.1, -0.05) is 31.2 Å². The summed E-state index contributed by atoms with van der Waals surface area (Å²) in [5.74, 6) is 0. The maximum atomic E-state index is 6.30. The Morgan fingerprint density at radius 2 is 2.29 bits per heavy atom. The first-order chi connectivity index (χ1) is 8.34.